The first-order valence-electron chi connectivity index (χ1n) is 14.6. The van der Waals surface area contributed by atoms with Crippen LogP contribution in [-0.2, 0) is 42.4 Å². The van der Waals surface area contributed by atoms with Crippen molar-refractivity contribution in [2.45, 2.75) is 52.0 Å². The van der Waals surface area contributed by atoms with Gasteiger partial charge in [-0.15, -0.1) is 5.10 Å². The number of carbonyl (C=O) groups is 2. The molecule has 1 aromatic heterocycles. The molecular formula is C33H36N4O5. The van der Waals surface area contributed by atoms with Gasteiger partial charge in [0.2, 0.25) is 0 Å². The van der Waals surface area contributed by atoms with Crippen LogP contribution < -0.4 is 9.47 Å². The van der Waals surface area contributed by atoms with Gasteiger partial charge in [-0.1, -0.05) is 36.4 Å². The molecule has 0 saturated heterocycles. The number of benzene rings is 3. The number of aryl methyl sites for hydroxylation is 2. The lowest BCUT2D eigenvalue weighted by Gasteiger charge is -2.32. The fourth-order valence-electron chi connectivity index (χ4n) is 6.47. The van der Waals surface area contributed by atoms with Gasteiger partial charge < -0.3 is 19.1 Å². The number of methoxy groups -OCH3 is 1. The van der Waals surface area contributed by atoms with E-state index in [1.54, 1.807) is 11.8 Å². The molecule has 0 spiro atoms. The van der Waals surface area contributed by atoms with Crippen molar-refractivity contribution in [2.75, 3.05) is 26.9 Å². The average Bonchev–Trinajstić information content (AvgIpc) is 3.65. The molecular weight excluding hydrogens is 532 g/mol. The van der Waals surface area contributed by atoms with Crippen molar-refractivity contribution >= 4 is 22.9 Å². The third kappa shape index (κ3) is 4.86. The lowest BCUT2D eigenvalue weighted by Crippen LogP contribution is -2.37. The first-order valence-corrected chi connectivity index (χ1v) is 14.6. The van der Waals surface area contributed by atoms with Crippen LogP contribution in [0.15, 0.2) is 42.5 Å². The van der Waals surface area contributed by atoms with E-state index in [0.717, 1.165) is 57.5 Å². The Kier molecular flexibility index (Phi) is 7.58. The second kappa shape index (κ2) is 11.5. The molecule has 3 heterocycles. The average molecular weight is 569 g/mol. The van der Waals surface area contributed by atoms with Crippen LogP contribution in [0, 0.1) is 0 Å². The van der Waals surface area contributed by atoms with Crippen molar-refractivity contribution < 1.29 is 23.8 Å². The highest BCUT2D eigenvalue weighted by atomic mass is 16.5. The normalized spacial score (nSPS) is 14.7. The molecule has 9 nitrogen and oxygen atoms in total. The van der Waals surface area contributed by atoms with Crippen molar-refractivity contribution in [3.63, 3.8) is 0 Å². The number of amides is 1. The van der Waals surface area contributed by atoms with E-state index in [0.29, 0.717) is 44.0 Å². The van der Waals surface area contributed by atoms with Crippen molar-refractivity contribution in [3.05, 3.63) is 81.4 Å². The summed E-state index contributed by atoms with van der Waals surface area (Å²) in [6.07, 6.45) is 2.50. The second-order valence-corrected chi connectivity index (χ2v) is 10.9. The van der Waals surface area contributed by atoms with Gasteiger partial charge in [-0.05, 0) is 65.8 Å². The number of ether oxygens (including phenoxy) is 3. The summed E-state index contributed by atoms with van der Waals surface area (Å²) >= 11 is 0. The molecule has 1 amide bonds. The summed E-state index contributed by atoms with van der Waals surface area (Å²) in [6, 6.07) is 14.1. The van der Waals surface area contributed by atoms with Gasteiger partial charge in [-0.2, -0.15) is 0 Å². The SMILES string of the molecule is CCOC(=O)CC(c1cc(OC)c2c(c1)nnn2C)c1cccc2c1CCN(C(=O)c1ccc(CC)c3c1CCO3)C2. The van der Waals surface area contributed by atoms with Crippen LogP contribution in [-0.4, -0.2) is 58.6 Å². The molecule has 0 aliphatic carbocycles. The number of aromatic nitrogens is 3. The number of hydrogen-bond acceptors (Lipinski definition) is 7. The largest absolute Gasteiger partial charge is 0.494 e. The van der Waals surface area contributed by atoms with Crippen LogP contribution in [0.1, 0.15) is 69.9 Å². The Morgan fingerprint density at radius 2 is 1.95 bits per heavy atom. The monoisotopic (exact) mass is 568 g/mol. The van der Waals surface area contributed by atoms with E-state index in [4.69, 9.17) is 14.2 Å². The molecule has 0 saturated carbocycles. The van der Waals surface area contributed by atoms with Gasteiger partial charge in [0.1, 0.15) is 22.5 Å². The van der Waals surface area contributed by atoms with Crippen molar-refractivity contribution in [3.8, 4) is 11.5 Å². The van der Waals surface area contributed by atoms with E-state index < -0.39 is 0 Å². The third-order valence-electron chi connectivity index (χ3n) is 8.50. The summed E-state index contributed by atoms with van der Waals surface area (Å²) in [4.78, 5) is 28.6. The highest BCUT2D eigenvalue weighted by Crippen LogP contribution is 2.39. The maximum absolute atomic E-state index is 13.8. The van der Waals surface area contributed by atoms with Gasteiger partial charge >= 0.3 is 5.97 Å². The van der Waals surface area contributed by atoms with Crippen LogP contribution in [0.3, 0.4) is 0 Å². The number of hydrogen-bond donors (Lipinski definition) is 0. The van der Waals surface area contributed by atoms with Gasteiger partial charge in [0.05, 0.1) is 26.7 Å². The zero-order chi connectivity index (χ0) is 29.4. The molecule has 4 aromatic rings. The van der Waals surface area contributed by atoms with E-state index in [9.17, 15) is 9.59 Å². The molecule has 0 fully saturated rings. The quantitative estimate of drug-likeness (QED) is 0.283. The van der Waals surface area contributed by atoms with Gasteiger partial charge in [0, 0.05) is 43.6 Å². The smallest absolute Gasteiger partial charge is 0.306 e. The molecule has 6 rings (SSSR count). The van der Waals surface area contributed by atoms with E-state index >= 15 is 0 Å². The highest BCUT2D eigenvalue weighted by Gasteiger charge is 2.31. The predicted molar refractivity (Wildman–Crippen MR) is 158 cm³/mol. The second-order valence-electron chi connectivity index (χ2n) is 10.9. The fourth-order valence-corrected chi connectivity index (χ4v) is 6.47. The molecule has 0 bridgehead atoms. The summed E-state index contributed by atoms with van der Waals surface area (Å²) in [5, 5.41) is 8.49. The van der Waals surface area contributed by atoms with Crippen molar-refractivity contribution in [1.29, 1.82) is 0 Å². The van der Waals surface area contributed by atoms with Crippen molar-refractivity contribution in [2.24, 2.45) is 7.05 Å². The Morgan fingerprint density at radius 3 is 2.74 bits per heavy atom. The van der Waals surface area contributed by atoms with Gasteiger partial charge in [0.25, 0.3) is 5.91 Å². The molecule has 2 aliphatic rings. The van der Waals surface area contributed by atoms with Crippen LogP contribution in [0.5, 0.6) is 11.5 Å². The van der Waals surface area contributed by atoms with E-state index in [1.165, 1.54) is 5.56 Å². The summed E-state index contributed by atoms with van der Waals surface area (Å²) in [6.45, 7) is 5.95. The van der Waals surface area contributed by atoms with Crippen LogP contribution in [0.2, 0.25) is 0 Å². The van der Waals surface area contributed by atoms with Crippen LogP contribution in [0.4, 0.5) is 0 Å². The van der Waals surface area contributed by atoms with E-state index in [-0.39, 0.29) is 24.2 Å². The number of rotatable bonds is 8. The number of esters is 1. The predicted octanol–water partition coefficient (Wildman–Crippen LogP) is 4.76. The maximum atomic E-state index is 13.8. The van der Waals surface area contributed by atoms with E-state index in [1.807, 2.05) is 49.2 Å². The Morgan fingerprint density at radius 1 is 1.10 bits per heavy atom. The topological polar surface area (TPSA) is 95.8 Å². The summed E-state index contributed by atoms with van der Waals surface area (Å²) in [5.74, 6) is 1.04. The molecule has 0 radical (unpaired) electrons. The maximum Gasteiger partial charge on any atom is 0.306 e. The number of nitrogens with zero attached hydrogens (tertiary/aromatic N) is 4. The minimum absolute atomic E-state index is 0.0383. The first kappa shape index (κ1) is 27.8. The number of carbonyl (C=O) groups excluding carboxylic acids is 2. The van der Waals surface area contributed by atoms with Gasteiger partial charge in [-0.25, -0.2) is 4.68 Å². The zero-order valence-electron chi connectivity index (χ0n) is 24.6. The summed E-state index contributed by atoms with van der Waals surface area (Å²) in [5.41, 5.74) is 8.64. The Balaban J connectivity index is 1.36. The van der Waals surface area contributed by atoms with Crippen LogP contribution >= 0.6 is 0 Å². The molecule has 42 heavy (non-hydrogen) atoms. The first-order chi connectivity index (χ1) is 20.4. The Labute approximate surface area is 245 Å². The molecule has 2 aliphatic heterocycles. The van der Waals surface area contributed by atoms with E-state index in [2.05, 4.69) is 29.4 Å². The lowest BCUT2D eigenvalue weighted by molar-refractivity contribution is -0.143. The van der Waals surface area contributed by atoms with Gasteiger partial charge in [0.15, 0.2) is 0 Å². The standard InChI is InChI=1S/C33H36N4O5/c1-5-20-10-11-26(25-13-15-42-32(20)25)33(39)37-14-12-23-21(19-37)8-7-9-24(23)27(18-30(38)41-6-2)22-16-28-31(29(17-22)40-4)36(3)35-34-28/h7-11,16-17,27H,5-6,12-15,18-19H2,1-4H3. The highest BCUT2D eigenvalue weighted by molar-refractivity contribution is 5.97. The van der Waals surface area contributed by atoms with Crippen molar-refractivity contribution in [1.82, 2.24) is 19.9 Å². The Hall–Kier alpha value is -4.40. The Bertz CT molecular complexity index is 1680. The molecule has 0 N–H and O–H groups in total. The molecule has 218 valence electrons. The third-order valence-corrected chi connectivity index (χ3v) is 8.50. The fraction of sp³-hybridized carbons (Fsp3) is 0.394. The molecule has 3 aromatic carbocycles. The van der Waals surface area contributed by atoms with Crippen LogP contribution in [0.25, 0.3) is 11.0 Å². The zero-order valence-corrected chi connectivity index (χ0v) is 24.6. The lowest BCUT2D eigenvalue weighted by atomic mass is 9.81. The summed E-state index contributed by atoms with van der Waals surface area (Å²) in [7, 11) is 3.45. The molecule has 1 unspecified atom stereocenters. The number of fused-ring (bicyclic) bond motifs is 3. The van der Waals surface area contributed by atoms with Gasteiger partial charge in [-0.3, -0.25) is 9.59 Å². The minimum Gasteiger partial charge on any atom is -0.494 e. The summed E-state index contributed by atoms with van der Waals surface area (Å²) < 4.78 is 18.7. The molecule has 1 atom stereocenters. The minimum atomic E-state index is -0.274. The molecule has 9 heteroatoms.